The number of guanidine groups is 1. The summed E-state index contributed by atoms with van der Waals surface area (Å²) in [4.78, 5) is 9.90. The Morgan fingerprint density at radius 3 is 2.32 bits per heavy atom. The lowest BCUT2D eigenvalue weighted by atomic mass is 10.0. The summed E-state index contributed by atoms with van der Waals surface area (Å²) in [6.07, 6.45) is 0.952. The standard InChI is InChI=1S/C21H36ClN5.HI/c1-5-23-21(24-11-10-18-6-8-19(22)9-7-18)25-16-20(17(2)3)27-14-12-26(4)13-15-27;/h6-9,17,20H,5,10-16H2,1-4H3,(H2,23,24,25);1H. The summed E-state index contributed by atoms with van der Waals surface area (Å²) in [5.41, 5.74) is 1.28. The fourth-order valence-corrected chi connectivity index (χ4v) is 3.53. The Balaban J connectivity index is 0.00000392. The minimum atomic E-state index is 0. The second-order valence-corrected chi connectivity index (χ2v) is 8.11. The van der Waals surface area contributed by atoms with Gasteiger partial charge < -0.3 is 15.5 Å². The number of piperazine rings is 1. The molecule has 0 amide bonds. The van der Waals surface area contributed by atoms with Crippen LogP contribution in [0.25, 0.3) is 0 Å². The molecule has 0 saturated carbocycles. The van der Waals surface area contributed by atoms with Gasteiger partial charge in [-0.25, -0.2) is 0 Å². The molecule has 0 aromatic heterocycles. The van der Waals surface area contributed by atoms with Crippen molar-refractivity contribution in [2.24, 2.45) is 10.9 Å². The van der Waals surface area contributed by atoms with Crippen LogP contribution < -0.4 is 10.6 Å². The van der Waals surface area contributed by atoms with E-state index in [-0.39, 0.29) is 24.0 Å². The number of rotatable bonds is 8. The smallest absolute Gasteiger partial charge is 0.191 e. The Morgan fingerprint density at radius 2 is 1.75 bits per heavy atom. The predicted molar refractivity (Wildman–Crippen MR) is 132 cm³/mol. The average Bonchev–Trinajstić information content (AvgIpc) is 2.64. The van der Waals surface area contributed by atoms with Crippen molar-refractivity contribution in [2.75, 3.05) is 52.9 Å². The van der Waals surface area contributed by atoms with E-state index >= 15 is 0 Å². The van der Waals surface area contributed by atoms with Gasteiger partial charge in [0.15, 0.2) is 5.96 Å². The van der Waals surface area contributed by atoms with Crippen LogP contribution in [-0.4, -0.2) is 74.7 Å². The Kier molecular flexibility index (Phi) is 12.4. The predicted octanol–water partition coefficient (Wildman–Crippen LogP) is 3.33. The van der Waals surface area contributed by atoms with Gasteiger partial charge >= 0.3 is 0 Å². The number of likely N-dealkylation sites (N-methyl/N-ethyl adjacent to an activating group) is 1. The molecule has 0 radical (unpaired) electrons. The molecule has 5 nitrogen and oxygen atoms in total. The molecule has 2 rings (SSSR count). The number of nitrogens with zero attached hydrogens (tertiary/aromatic N) is 3. The van der Waals surface area contributed by atoms with Crippen molar-refractivity contribution >= 4 is 41.5 Å². The van der Waals surface area contributed by atoms with Crippen LogP contribution in [0.1, 0.15) is 26.3 Å². The van der Waals surface area contributed by atoms with Gasteiger partial charge in [0.05, 0.1) is 6.54 Å². The first kappa shape index (κ1) is 25.5. The largest absolute Gasteiger partial charge is 0.357 e. The van der Waals surface area contributed by atoms with Crippen molar-refractivity contribution in [1.29, 1.82) is 0 Å². The molecule has 1 saturated heterocycles. The molecule has 28 heavy (non-hydrogen) atoms. The Bertz CT molecular complexity index is 571. The number of halogens is 2. The molecule has 0 aliphatic carbocycles. The monoisotopic (exact) mass is 521 g/mol. The lowest BCUT2D eigenvalue weighted by Gasteiger charge is -2.39. The molecule has 1 atom stereocenters. The third-order valence-electron chi connectivity index (χ3n) is 5.18. The zero-order valence-electron chi connectivity index (χ0n) is 17.7. The lowest BCUT2D eigenvalue weighted by molar-refractivity contribution is 0.0925. The molecule has 1 unspecified atom stereocenters. The highest BCUT2D eigenvalue weighted by atomic mass is 127. The maximum Gasteiger partial charge on any atom is 0.191 e. The van der Waals surface area contributed by atoms with Crippen LogP contribution in [0.15, 0.2) is 29.3 Å². The molecular weight excluding hydrogens is 485 g/mol. The quantitative estimate of drug-likeness (QED) is 0.313. The van der Waals surface area contributed by atoms with Gasteiger partial charge in [0.2, 0.25) is 0 Å². The first-order chi connectivity index (χ1) is 13.0. The van der Waals surface area contributed by atoms with Gasteiger partial charge in [-0.2, -0.15) is 0 Å². The Hall–Kier alpha value is -0.570. The number of aliphatic imine (C=N–C) groups is 1. The second-order valence-electron chi connectivity index (χ2n) is 7.67. The highest BCUT2D eigenvalue weighted by Gasteiger charge is 2.24. The first-order valence-corrected chi connectivity index (χ1v) is 10.6. The molecule has 1 aromatic rings. The van der Waals surface area contributed by atoms with Gasteiger partial charge in [-0.05, 0) is 44.0 Å². The van der Waals surface area contributed by atoms with Crippen molar-refractivity contribution in [3.8, 4) is 0 Å². The highest BCUT2D eigenvalue weighted by Crippen LogP contribution is 2.14. The number of nitrogens with one attached hydrogen (secondary N) is 2. The van der Waals surface area contributed by atoms with E-state index in [9.17, 15) is 0 Å². The van der Waals surface area contributed by atoms with E-state index in [2.05, 4.69) is 60.4 Å². The fraction of sp³-hybridized carbons (Fsp3) is 0.667. The van der Waals surface area contributed by atoms with Gasteiger partial charge in [-0.15, -0.1) is 24.0 Å². The van der Waals surface area contributed by atoms with Crippen molar-refractivity contribution < 1.29 is 0 Å². The molecule has 1 heterocycles. The van der Waals surface area contributed by atoms with E-state index in [0.717, 1.165) is 63.2 Å². The number of hydrogen-bond acceptors (Lipinski definition) is 3. The van der Waals surface area contributed by atoms with Crippen LogP contribution in [0.4, 0.5) is 0 Å². The summed E-state index contributed by atoms with van der Waals surface area (Å²) in [7, 11) is 2.20. The second kappa shape index (κ2) is 13.6. The number of benzene rings is 1. The van der Waals surface area contributed by atoms with Crippen molar-refractivity contribution in [2.45, 2.75) is 33.2 Å². The summed E-state index contributed by atoms with van der Waals surface area (Å²) in [6.45, 7) is 13.8. The molecule has 0 spiro atoms. The maximum atomic E-state index is 5.95. The summed E-state index contributed by atoms with van der Waals surface area (Å²) in [5, 5.41) is 7.62. The summed E-state index contributed by atoms with van der Waals surface area (Å²) >= 11 is 5.95. The van der Waals surface area contributed by atoms with E-state index in [1.54, 1.807) is 0 Å². The van der Waals surface area contributed by atoms with Gasteiger partial charge in [0, 0.05) is 50.3 Å². The summed E-state index contributed by atoms with van der Waals surface area (Å²) in [5.74, 6) is 1.50. The minimum absolute atomic E-state index is 0. The topological polar surface area (TPSA) is 42.9 Å². The average molecular weight is 522 g/mol. The molecule has 1 aliphatic heterocycles. The third-order valence-corrected chi connectivity index (χ3v) is 5.43. The van der Waals surface area contributed by atoms with Crippen LogP contribution in [0, 0.1) is 5.92 Å². The van der Waals surface area contributed by atoms with Gasteiger partial charge in [-0.1, -0.05) is 37.6 Å². The van der Waals surface area contributed by atoms with Crippen LogP contribution in [-0.2, 0) is 6.42 Å². The molecule has 160 valence electrons. The van der Waals surface area contributed by atoms with Crippen LogP contribution >= 0.6 is 35.6 Å². The van der Waals surface area contributed by atoms with Gasteiger partial charge in [-0.3, -0.25) is 9.89 Å². The Labute approximate surface area is 193 Å². The molecule has 1 aromatic carbocycles. The van der Waals surface area contributed by atoms with E-state index in [1.165, 1.54) is 5.56 Å². The van der Waals surface area contributed by atoms with Crippen molar-refractivity contribution in [3.05, 3.63) is 34.9 Å². The fourth-order valence-electron chi connectivity index (χ4n) is 3.40. The van der Waals surface area contributed by atoms with Crippen LogP contribution in [0.3, 0.4) is 0 Å². The molecule has 1 fully saturated rings. The summed E-state index contributed by atoms with van der Waals surface area (Å²) < 4.78 is 0. The highest BCUT2D eigenvalue weighted by molar-refractivity contribution is 14.0. The number of hydrogen-bond donors (Lipinski definition) is 2. The maximum absolute atomic E-state index is 5.95. The zero-order valence-corrected chi connectivity index (χ0v) is 20.8. The van der Waals surface area contributed by atoms with Crippen LogP contribution in [0.5, 0.6) is 0 Å². The normalized spacial score (nSPS) is 17.3. The SMILES string of the molecule is CCNC(=NCC(C(C)C)N1CCN(C)CC1)NCCc1ccc(Cl)cc1.I. The molecule has 7 heteroatoms. The molecule has 0 bridgehead atoms. The third kappa shape index (κ3) is 8.84. The minimum Gasteiger partial charge on any atom is -0.357 e. The summed E-state index contributed by atoms with van der Waals surface area (Å²) in [6, 6.07) is 8.54. The van der Waals surface area contributed by atoms with Gasteiger partial charge in [0.1, 0.15) is 0 Å². The molecule has 2 N–H and O–H groups in total. The first-order valence-electron chi connectivity index (χ1n) is 10.2. The Morgan fingerprint density at radius 1 is 1.11 bits per heavy atom. The van der Waals surface area contributed by atoms with Crippen LogP contribution in [0.2, 0.25) is 5.02 Å². The lowest BCUT2D eigenvalue weighted by Crippen LogP contribution is -2.52. The molecular formula is C21H37ClIN5. The zero-order chi connectivity index (χ0) is 19.6. The van der Waals surface area contributed by atoms with E-state index in [1.807, 2.05) is 12.1 Å². The van der Waals surface area contributed by atoms with E-state index < -0.39 is 0 Å². The van der Waals surface area contributed by atoms with E-state index in [0.29, 0.717) is 12.0 Å². The molecule has 1 aliphatic rings. The van der Waals surface area contributed by atoms with Crippen molar-refractivity contribution in [1.82, 2.24) is 20.4 Å². The van der Waals surface area contributed by atoms with Gasteiger partial charge in [0.25, 0.3) is 0 Å². The van der Waals surface area contributed by atoms with Crippen molar-refractivity contribution in [3.63, 3.8) is 0 Å². The van der Waals surface area contributed by atoms with E-state index in [4.69, 9.17) is 16.6 Å².